The molecule has 1 unspecified atom stereocenters. The van der Waals surface area contributed by atoms with Crippen molar-refractivity contribution in [1.29, 1.82) is 0 Å². The van der Waals surface area contributed by atoms with Crippen molar-refractivity contribution in [3.05, 3.63) is 24.3 Å². The summed E-state index contributed by atoms with van der Waals surface area (Å²) < 4.78 is 25.0. The van der Waals surface area contributed by atoms with Gasteiger partial charge in [0.05, 0.1) is 11.7 Å². The molecular weight excluding hydrogens is 245 g/mol. The van der Waals surface area contributed by atoms with Gasteiger partial charge in [-0.25, -0.2) is 4.98 Å². The minimum atomic E-state index is -0.548. The second-order valence-electron chi connectivity index (χ2n) is 5.63. The Morgan fingerprint density at radius 2 is 2.16 bits per heavy atom. The molecule has 1 spiro atoms. The van der Waals surface area contributed by atoms with Crippen LogP contribution in [0, 0.1) is 5.95 Å². The summed E-state index contributed by atoms with van der Waals surface area (Å²) in [5.41, 5.74) is 0.0970. The van der Waals surface area contributed by atoms with Gasteiger partial charge in [-0.15, -0.1) is 0 Å². The Balaban J connectivity index is 1.53. The highest BCUT2D eigenvalue weighted by molar-refractivity contribution is 5.17. The zero-order valence-corrected chi connectivity index (χ0v) is 11.1. The van der Waals surface area contributed by atoms with Gasteiger partial charge in [-0.1, -0.05) is 19.3 Å². The Hall–Kier alpha value is -1.16. The molecule has 1 atom stereocenters. The van der Waals surface area contributed by atoms with Crippen molar-refractivity contribution in [2.75, 3.05) is 6.61 Å². The number of aromatic nitrogens is 1. The molecular formula is C15H20FNO2. The molecule has 104 valence electrons. The summed E-state index contributed by atoms with van der Waals surface area (Å²) in [6.07, 6.45) is 9.86. The van der Waals surface area contributed by atoms with Gasteiger partial charge >= 0.3 is 0 Å². The quantitative estimate of drug-likeness (QED) is 0.784. The SMILES string of the molecule is Fc1ncccc1OCC1CCC2(CCCCC2)O1. The van der Waals surface area contributed by atoms with E-state index in [2.05, 4.69) is 4.98 Å². The standard InChI is InChI=1S/C15H20FNO2/c16-14-13(5-4-10-17-14)18-11-12-6-9-15(19-12)7-2-1-3-8-15/h4-5,10,12H,1-3,6-9,11H2. The largest absolute Gasteiger partial charge is 0.486 e. The van der Waals surface area contributed by atoms with Crippen LogP contribution in [0.4, 0.5) is 4.39 Å². The van der Waals surface area contributed by atoms with Crippen molar-refractivity contribution < 1.29 is 13.9 Å². The maximum absolute atomic E-state index is 13.3. The molecule has 1 aliphatic heterocycles. The molecule has 0 N–H and O–H groups in total. The van der Waals surface area contributed by atoms with Gasteiger partial charge in [0.15, 0.2) is 5.75 Å². The zero-order valence-electron chi connectivity index (χ0n) is 11.1. The van der Waals surface area contributed by atoms with Crippen LogP contribution in [-0.2, 0) is 4.74 Å². The molecule has 3 rings (SSSR count). The number of nitrogens with zero attached hydrogens (tertiary/aromatic N) is 1. The average Bonchev–Trinajstić information content (AvgIpc) is 2.82. The number of rotatable bonds is 3. The van der Waals surface area contributed by atoms with Crippen LogP contribution in [0.25, 0.3) is 0 Å². The lowest BCUT2D eigenvalue weighted by Gasteiger charge is -2.33. The lowest BCUT2D eigenvalue weighted by atomic mass is 9.83. The molecule has 1 saturated heterocycles. The molecule has 0 aromatic carbocycles. The monoisotopic (exact) mass is 265 g/mol. The predicted molar refractivity (Wildman–Crippen MR) is 69.6 cm³/mol. The highest BCUT2D eigenvalue weighted by atomic mass is 19.1. The van der Waals surface area contributed by atoms with Crippen LogP contribution in [0.5, 0.6) is 5.75 Å². The fourth-order valence-corrected chi connectivity index (χ4v) is 3.24. The second-order valence-corrected chi connectivity index (χ2v) is 5.63. The lowest BCUT2D eigenvalue weighted by Crippen LogP contribution is -2.32. The van der Waals surface area contributed by atoms with Crippen LogP contribution in [0.1, 0.15) is 44.9 Å². The number of hydrogen-bond donors (Lipinski definition) is 0. The first-order valence-electron chi connectivity index (χ1n) is 7.19. The van der Waals surface area contributed by atoms with Crippen molar-refractivity contribution in [2.45, 2.75) is 56.7 Å². The second kappa shape index (κ2) is 5.45. The molecule has 1 aliphatic carbocycles. The van der Waals surface area contributed by atoms with Gasteiger partial charge in [-0.2, -0.15) is 4.39 Å². The molecule has 4 heteroatoms. The molecule has 0 amide bonds. The van der Waals surface area contributed by atoms with E-state index in [4.69, 9.17) is 9.47 Å². The Labute approximate surface area is 113 Å². The Morgan fingerprint density at radius 1 is 1.32 bits per heavy atom. The van der Waals surface area contributed by atoms with Gasteiger partial charge in [0.1, 0.15) is 6.61 Å². The van der Waals surface area contributed by atoms with Crippen LogP contribution in [0.15, 0.2) is 18.3 Å². The van der Waals surface area contributed by atoms with Crippen LogP contribution in [0.3, 0.4) is 0 Å². The Bertz CT molecular complexity index is 432. The third-order valence-corrected chi connectivity index (χ3v) is 4.25. The van der Waals surface area contributed by atoms with Gasteiger partial charge in [-0.3, -0.25) is 0 Å². The third-order valence-electron chi connectivity index (χ3n) is 4.25. The highest BCUT2D eigenvalue weighted by Crippen LogP contribution is 2.41. The molecule has 1 aromatic heterocycles. The number of pyridine rings is 1. The average molecular weight is 265 g/mol. The van der Waals surface area contributed by atoms with Gasteiger partial charge in [0.2, 0.25) is 0 Å². The lowest BCUT2D eigenvalue weighted by molar-refractivity contribution is -0.0751. The molecule has 2 heterocycles. The molecule has 0 bridgehead atoms. The van der Waals surface area contributed by atoms with Crippen molar-refractivity contribution in [2.24, 2.45) is 0 Å². The maximum Gasteiger partial charge on any atom is 0.255 e. The van der Waals surface area contributed by atoms with E-state index in [0.29, 0.717) is 6.61 Å². The molecule has 2 fully saturated rings. The zero-order chi connectivity index (χ0) is 13.1. The maximum atomic E-state index is 13.3. The Morgan fingerprint density at radius 3 is 2.95 bits per heavy atom. The number of hydrogen-bond acceptors (Lipinski definition) is 3. The molecule has 2 aliphatic rings. The predicted octanol–water partition coefficient (Wildman–Crippen LogP) is 3.48. The smallest absolute Gasteiger partial charge is 0.255 e. The highest BCUT2D eigenvalue weighted by Gasteiger charge is 2.40. The van der Waals surface area contributed by atoms with Gasteiger partial charge in [0, 0.05) is 6.20 Å². The van der Waals surface area contributed by atoms with E-state index in [1.54, 1.807) is 12.1 Å². The van der Waals surface area contributed by atoms with Gasteiger partial charge in [0.25, 0.3) is 5.95 Å². The van der Waals surface area contributed by atoms with E-state index in [-0.39, 0.29) is 17.5 Å². The van der Waals surface area contributed by atoms with Gasteiger partial charge < -0.3 is 9.47 Å². The molecule has 3 nitrogen and oxygen atoms in total. The van der Waals surface area contributed by atoms with Crippen LogP contribution in [-0.4, -0.2) is 23.3 Å². The molecule has 1 saturated carbocycles. The first-order valence-corrected chi connectivity index (χ1v) is 7.19. The minimum absolute atomic E-state index is 0.0951. The fourth-order valence-electron chi connectivity index (χ4n) is 3.24. The minimum Gasteiger partial charge on any atom is -0.486 e. The summed E-state index contributed by atoms with van der Waals surface area (Å²) in [7, 11) is 0. The van der Waals surface area contributed by atoms with Crippen molar-refractivity contribution in [1.82, 2.24) is 4.98 Å². The summed E-state index contributed by atoms with van der Waals surface area (Å²) >= 11 is 0. The third kappa shape index (κ3) is 2.89. The summed E-state index contributed by atoms with van der Waals surface area (Å²) in [4.78, 5) is 3.58. The summed E-state index contributed by atoms with van der Waals surface area (Å²) in [6, 6.07) is 3.28. The summed E-state index contributed by atoms with van der Waals surface area (Å²) in [6.45, 7) is 0.421. The molecule has 0 radical (unpaired) electrons. The number of ether oxygens (including phenoxy) is 2. The normalized spacial score (nSPS) is 25.6. The number of halogens is 1. The first kappa shape index (κ1) is 12.9. The van der Waals surface area contributed by atoms with Crippen LogP contribution in [0.2, 0.25) is 0 Å². The topological polar surface area (TPSA) is 31.4 Å². The molecule has 1 aromatic rings. The van der Waals surface area contributed by atoms with Crippen molar-refractivity contribution in [3.63, 3.8) is 0 Å². The van der Waals surface area contributed by atoms with E-state index < -0.39 is 5.95 Å². The van der Waals surface area contributed by atoms with Gasteiger partial charge in [-0.05, 0) is 37.8 Å². The fraction of sp³-hybridized carbons (Fsp3) is 0.667. The van der Waals surface area contributed by atoms with Crippen molar-refractivity contribution >= 4 is 0 Å². The first-order chi connectivity index (χ1) is 9.27. The van der Waals surface area contributed by atoms with Crippen LogP contribution >= 0.6 is 0 Å². The van der Waals surface area contributed by atoms with E-state index in [9.17, 15) is 4.39 Å². The summed E-state index contributed by atoms with van der Waals surface area (Å²) in [5.74, 6) is -0.330. The van der Waals surface area contributed by atoms with E-state index in [0.717, 1.165) is 12.8 Å². The molecule has 19 heavy (non-hydrogen) atoms. The summed E-state index contributed by atoms with van der Waals surface area (Å²) in [5, 5.41) is 0. The Kier molecular flexibility index (Phi) is 3.69. The van der Waals surface area contributed by atoms with Crippen LogP contribution < -0.4 is 4.74 Å². The van der Waals surface area contributed by atoms with E-state index in [1.807, 2.05) is 0 Å². The van der Waals surface area contributed by atoms with Crippen molar-refractivity contribution in [3.8, 4) is 5.75 Å². The van der Waals surface area contributed by atoms with E-state index >= 15 is 0 Å². The van der Waals surface area contributed by atoms with E-state index in [1.165, 1.54) is 38.3 Å².